The number of ether oxygens (including phenoxy) is 1. The van der Waals surface area contributed by atoms with Crippen molar-refractivity contribution in [3.8, 4) is 0 Å². The van der Waals surface area contributed by atoms with E-state index in [0.29, 0.717) is 24.4 Å². The van der Waals surface area contributed by atoms with E-state index in [9.17, 15) is 4.79 Å². The number of carbonyl (C=O) groups is 1. The summed E-state index contributed by atoms with van der Waals surface area (Å²) >= 11 is 0. The smallest absolute Gasteiger partial charge is 0.462 e. The van der Waals surface area contributed by atoms with Gasteiger partial charge in [0.25, 0.3) is 0 Å². The zero-order chi connectivity index (χ0) is 19.4. The van der Waals surface area contributed by atoms with E-state index in [2.05, 4.69) is 51.6 Å². The van der Waals surface area contributed by atoms with Gasteiger partial charge in [0, 0.05) is 17.3 Å². The third-order valence-corrected chi connectivity index (χ3v) is 7.69. The van der Waals surface area contributed by atoms with Crippen molar-refractivity contribution in [2.75, 3.05) is 6.61 Å². The molecule has 1 heterocycles. The molecule has 0 amide bonds. The average Bonchev–Trinajstić information content (AvgIpc) is 3.17. The second-order valence-electron chi connectivity index (χ2n) is 8.93. The van der Waals surface area contributed by atoms with Gasteiger partial charge in [-0.15, -0.1) is 0 Å². The molecule has 4 unspecified atom stereocenters. The Kier molecular flexibility index (Phi) is 4.32. The molecule has 0 N–H and O–H groups in total. The minimum absolute atomic E-state index is 0.00588. The number of fused-ring (bicyclic) bond motifs is 5. The molecule has 0 spiro atoms. The third-order valence-electron chi connectivity index (χ3n) is 7.69. The molecule has 4 nitrogen and oxygen atoms in total. The maximum atomic E-state index is 12.0. The molecule has 1 aromatic carbocycles. The summed E-state index contributed by atoms with van der Waals surface area (Å²) in [6.07, 6.45) is 2.60. The summed E-state index contributed by atoms with van der Waals surface area (Å²) in [7, 11) is -0.469. The summed E-state index contributed by atoms with van der Waals surface area (Å²) in [5.74, 6) is 0.0635. The van der Waals surface area contributed by atoms with Crippen LogP contribution in [-0.4, -0.2) is 25.8 Å². The Bertz CT molecular complexity index is 761. The molecule has 0 aromatic heterocycles. The van der Waals surface area contributed by atoms with Gasteiger partial charge in [-0.3, -0.25) is 0 Å². The monoisotopic (exact) mass is 368 g/mol. The van der Waals surface area contributed by atoms with Crippen LogP contribution >= 0.6 is 0 Å². The zero-order valence-electron chi connectivity index (χ0n) is 16.8. The lowest BCUT2D eigenvalue weighted by Crippen LogP contribution is -2.50. The maximum Gasteiger partial charge on any atom is 0.462 e. The van der Waals surface area contributed by atoms with E-state index in [-0.39, 0.29) is 22.9 Å². The molecule has 1 saturated heterocycles. The van der Waals surface area contributed by atoms with E-state index in [0.717, 1.165) is 12.8 Å². The Labute approximate surface area is 162 Å². The van der Waals surface area contributed by atoms with E-state index in [4.69, 9.17) is 14.0 Å². The van der Waals surface area contributed by atoms with Gasteiger partial charge in [-0.25, -0.2) is 4.79 Å². The predicted octanol–water partition coefficient (Wildman–Crippen LogP) is 4.36. The lowest BCUT2D eigenvalue weighted by molar-refractivity contribution is -0.138. The first-order valence-corrected chi connectivity index (χ1v) is 10.0. The summed E-state index contributed by atoms with van der Waals surface area (Å²) in [5.41, 5.74) is 1.19. The van der Waals surface area contributed by atoms with E-state index in [1.54, 1.807) is 6.92 Å². The van der Waals surface area contributed by atoms with Gasteiger partial charge in [-0.1, -0.05) is 57.7 Å². The zero-order valence-corrected chi connectivity index (χ0v) is 16.8. The summed E-state index contributed by atoms with van der Waals surface area (Å²) in [6.45, 7) is 13.1. The minimum Gasteiger partial charge on any atom is -0.463 e. The van der Waals surface area contributed by atoms with Crippen molar-refractivity contribution >= 4 is 13.1 Å². The molecule has 2 saturated carbocycles. The minimum atomic E-state index is -0.486. The summed E-state index contributed by atoms with van der Waals surface area (Å²) in [5, 5.41) is 0. The molecule has 2 aliphatic carbocycles. The normalized spacial score (nSPS) is 35.9. The van der Waals surface area contributed by atoms with Crippen LogP contribution in [0.5, 0.6) is 0 Å². The van der Waals surface area contributed by atoms with Crippen LogP contribution in [0.25, 0.3) is 0 Å². The van der Waals surface area contributed by atoms with Crippen molar-refractivity contribution < 1.29 is 18.8 Å². The molecule has 27 heavy (non-hydrogen) atoms. The molecule has 4 atom stereocenters. The molecular formula is C22H29BO4. The first-order chi connectivity index (χ1) is 12.8. The molecule has 0 radical (unpaired) electrons. The molecule has 3 aliphatic rings. The van der Waals surface area contributed by atoms with Crippen molar-refractivity contribution in [1.82, 2.24) is 0 Å². The van der Waals surface area contributed by atoms with E-state index in [1.807, 2.05) is 6.07 Å². The number of rotatable bonds is 5. The van der Waals surface area contributed by atoms with Gasteiger partial charge in [0.05, 0.1) is 12.7 Å². The number of hydrogen-bond donors (Lipinski definition) is 0. The third kappa shape index (κ3) is 2.34. The van der Waals surface area contributed by atoms with Crippen LogP contribution in [-0.2, 0) is 24.4 Å². The highest BCUT2D eigenvalue weighted by molar-refractivity contribution is 6.47. The topological polar surface area (TPSA) is 44.8 Å². The molecule has 2 bridgehead atoms. The average molecular weight is 368 g/mol. The predicted molar refractivity (Wildman–Crippen MR) is 105 cm³/mol. The maximum absolute atomic E-state index is 12.0. The lowest BCUT2D eigenvalue weighted by atomic mass is 9.61. The molecular weight excluding hydrogens is 339 g/mol. The Morgan fingerprint density at radius 1 is 1.30 bits per heavy atom. The molecule has 5 heteroatoms. The summed E-state index contributed by atoms with van der Waals surface area (Å²) in [6, 6.07) is 10.5. The van der Waals surface area contributed by atoms with Gasteiger partial charge in [0.15, 0.2) is 0 Å². The number of benzene rings is 1. The van der Waals surface area contributed by atoms with Crippen molar-refractivity contribution in [2.45, 2.75) is 58.6 Å². The first kappa shape index (κ1) is 18.8. The largest absolute Gasteiger partial charge is 0.463 e. The Morgan fingerprint density at radius 2 is 2.00 bits per heavy atom. The second-order valence-corrected chi connectivity index (χ2v) is 8.93. The van der Waals surface area contributed by atoms with Crippen LogP contribution in [0.2, 0.25) is 6.32 Å². The molecule has 1 aliphatic heterocycles. The van der Waals surface area contributed by atoms with Gasteiger partial charge in [-0.2, -0.15) is 0 Å². The van der Waals surface area contributed by atoms with Crippen molar-refractivity contribution in [2.24, 2.45) is 16.7 Å². The van der Waals surface area contributed by atoms with Crippen LogP contribution in [0.4, 0.5) is 0 Å². The van der Waals surface area contributed by atoms with Crippen molar-refractivity contribution in [3.05, 3.63) is 48.0 Å². The Morgan fingerprint density at radius 3 is 2.67 bits per heavy atom. The van der Waals surface area contributed by atoms with Crippen LogP contribution in [0.3, 0.4) is 0 Å². The molecule has 1 aromatic rings. The quantitative estimate of drug-likeness (QED) is 0.440. The van der Waals surface area contributed by atoms with E-state index < -0.39 is 12.7 Å². The fourth-order valence-electron chi connectivity index (χ4n) is 5.96. The first-order valence-electron chi connectivity index (χ1n) is 10.0. The van der Waals surface area contributed by atoms with Crippen molar-refractivity contribution in [3.63, 3.8) is 0 Å². The molecule has 4 rings (SSSR count). The van der Waals surface area contributed by atoms with Crippen LogP contribution in [0.1, 0.15) is 46.1 Å². The fourth-order valence-corrected chi connectivity index (χ4v) is 5.96. The van der Waals surface area contributed by atoms with Crippen LogP contribution in [0.15, 0.2) is 42.5 Å². The molecule has 3 fully saturated rings. The number of hydrogen-bond acceptors (Lipinski definition) is 4. The number of carbonyl (C=O) groups excluding carboxylic acids is 1. The van der Waals surface area contributed by atoms with E-state index in [1.165, 1.54) is 5.56 Å². The van der Waals surface area contributed by atoms with Crippen LogP contribution in [0, 0.1) is 16.7 Å². The van der Waals surface area contributed by atoms with Crippen molar-refractivity contribution in [1.29, 1.82) is 0 Å². The van der Waals surface area contributed by atoms with Gasteiger partial charge in [0.2, 0.25) is 0 Å². The van der Waals surface area contributed by atoms with Gasteiger partial charge >= 0.3 is 13.1 Å². The lowest BCUT2D eigenvalue weighted by Gasteiger charge is -2.48. The standard InChI is InChI=1S/C22H29BO4/c1-6-25-19(24)15(2)14-23-26-18-17-12-13-21(5,20(17,3)4)22(18,27-23)16-10-8-7-9-11-16/h7-11,17-18H,2,6,12-14H2,1,3-5H3. The highest BCUT2D eigenvalue weighted by Crippen LogP contribution is 2.76. The summed E-state index contributed by atoms with van der Waals surface area (Å²) < 4.78 is 18.3. The second kappa shape index (κ2) is 6.21. The highest BCUT2D eigenvalue weighted by Gasteiger charge is 2.78. The van der Waals surface area contributed by atoms with Gasteiger partial charge in [-0.05, 0) is 36.7 Å². The molecule has 144 valence electrons. The Balaban J connectivity index is 1.69. The number of esters is 1. The van der Waals surface area contributed by atoms with E-state index >= 15 is 0 Å². The fraction of sp³-hybridized carbons (Fsp3) is 0.591. The SMILES string of the molecule is C=C(CB1OC2C3CCC(C)(C3(C)C)C2(c2ccccc2)O1)C(=O)OCC. The van der Waals surface area contributed by atoms with Gasteiger partial charge in [0.1, 0.15) is 5.60 Å². The highest BCUT2D eigenvalue weighted by atomic mass is 16.7. The van der Waals surface area contributed by atoms with Gasteiger partial charge < -0.3 is 14.0 Å². The summed E-state index contributed by atoms with van der Waals surface area (Å²) in [4.78, 5) is 12.0. The van der Waals surface area contributed by atoms with Crippen LogP contribution < -0.4 is 0 Å². The Hall–Kier alpha value is -1.59.